The molecule has 1 atom stereocenters. The Hall–Kier alpha value is -1.09. The third kappa shape index (κ3) is 2.60. The Bertz CT molecular complexity index is 403. The van der Waals surface area contributed by atoms with Crippen molar-refractivity contribution in [1.29, 1.82) is 0 Å². The van der Waals surface area contributed by atoms with E-state index in [0.717, 1.165) is 13.0 Å². The van der Waals surface area contributed by atoms with Crippen molar-refractivity contribution >= 4 is 22.9 Å². The Balaban J connectivity index is 2.37. The van der Waals surface area contributed by atoms with E-state index in [1.165, 1.54) is 30.5 Å². The van der Waals surface area contributed by atoms with Gasteiger partial charge in [0, 0.05) is 12.2 Å². The molecule has 0 radical (unpaired) electrons. The smallest absolute Gasteiger partial charge is 0.0955 e. The first-order valence-electron chi connectivity index (χ1n) is 6.38. The zero-order valence-corrected chi connectivity index (χ0v) is 11.2. The summed E-state index contributed by atoms with van der Waals surface area (Å²) in [5.41, 5.74) is 8.63. The van der Waals surface area contributed by atoms with Gasteiger partial charge in [-0.05, 0) is 37.3 Å². The van der Waals surface area contributed by atoms with Crippen LogP contribution in [0, 0.1) is 0 Å². The number of benzene rings is 1. The molecule has 0 bridgehead atoms. The number of thiocarbonyl (C=S) groups is 1. The molecule has 1 unspecified atom stereocenters. The van der Waals surface area contributed by atoms with Crippen LogP contribution in [0.25, 0.3) is 0 Å². The highest BCUT2D eigenvalue weighted by Crippen LogP contribution is 2.28. The first-order chi connectivity index (χ1) is 8.24. The maximum atomic E-state index is 5.88. The van der Waals surface area contributed by atoms with E-state index in [9.17, 15) is 0 Å². The Kier molecular flexibility index (Phi) is 4.00. The number of hydrogen-bond donors (Lipinski definition) is 1. The summed E-state index contributed by atoms with van der Waals surface area (Å²) >= 11 is 5.21. The van der Waals surface area contributed by atoms with Crippen LogP contribution in [-0.4, -0.2) is 17.6 Å². The van der Waals surface area contributed by atoms with Gasteiger partial charge in [0.1, 0.15) is 0 Å². The fraction of sp³-hybridized carbons (Fsp3) is 0.500. The first kappa shape index (κ1) is 12.4. The Morgan fingerprint density at radius 2 is 2.18 bits per heavy atom. The highest BCUT2D eigenvalue weighted by Gasteiger charge is 2.23. The molecule has 3 heteroatoms. The van der Waals surface area contributed by atoms with Gasteiger partial charge in [-0.15, -0.1) is 0 Å². The highest BCUT2D eigenvalue weighted by molar-refractivity contribution is 7.80. The number of rotatable bonds is 3. The van der Waals surface area contributed by atoms with E-state index >= 15 is 0 Å². The first-order valence-corrected chi connectivity index (χ1v) is 6.78. The zero-order valence-electron chi connectivity index (χ0n) is 10.4. The highest BCUT2D eigenvalue weighted by atomic mass is 32.1. The van der Waals surface area contributed by atoms with Gasteiger partial charge in [0.15, 0.2) is 0 Å². The van der Waals surface area contributed by atoms with Crippen LogP contribution in [0.4, 0.5) is 5.69 Å². The molecule has 1 aromatic rings. The van der Waals surface area contributed by atoms with Crippen molar-refractivity contribution in [2.45, 2.75) is 38.6 Å². The normalized spacial score (nSPS) is 17.1. The summed E-state index contributed by atoms with van der Waals surface area (Å²) in [6.45, 7) is 3.21. The van der Waals surface area contributed by atoms with Gasteiger partial charge in [-0.1, -0.05) is 37.3 Å². The molecular formula is C14H20N2S. The second-order valence-corrected chi connectivity index (χ2v) is 5.08. The summed E-state index contributed by atoms with van der Waals surface area (Å²) in [6, 6.07) is 8.83. The Labute approximate surface area is 109 Å². The van der Waals surface area contributed by atoms with Gasteiger partial charge >= 0.3 is 0 Å². The number of fused-ring (bicyclic) bond motifs is 1. The molecule has 1 aromatic carbocycles. The van der Waals surface area contributed by atoms with E-state index in [-0.39, 0.29) is 6.04 Å². The summed E-state index contributed by atoms with van der Waals surface area (Å²) in [5, 5.41) is 0. The molecule has 0 saturated carbocycles. The molecule has 92 valence electrons. The molecule has 0 saturated heterocycles. The van der Waals surface area contributed by atoms with Gasteiger partial charge in [-0.25, -0.2) is 0 Å². The largest absolute Gasteiger partial charge is 0.392 e. The number of nitrogens with zero attached hydrogens (tertiary/aromatic N) is 1. The van der Waals surface area contributed by atoms with E-state index in [4.69, 9.17) is 18.0 Å². The molecule has 2 nitrogen and oxygen atoms in total. The molecule has 2 N–H and O–H groups in total. The van der Waals surface area contributed by atoms with E-state index in [2.05, 4.69) is 36.1 Å². The molecule has 1 aliphatic rings. The van der Waals surface area contributed by atoms with Gasteiger partial charge in [0.05, 0.1) is 11.0 Å². The lowest BCUT2D eigenvalue weighted by Gasteiger charge is -2.32. The predicted octanol–water partition coefficient (Wildman–Crippen LogP) is 2.89. The van der Waals surface area contributed by atoms with Crippen LogP contribution in [0.1, 0.15) is 31.7 Å². The summed E-state index contributed by atoms with van der Waals surface area (Å²) in [7, 11) is 0. The number of hydrogen-bond acceptors (Lipinski definition) is 2. The molecule has 17 heavy (non-hydrogen) atoms. The van der Waals surface area contributed by atoms with E-state index in [0.29, 0.717) is 4.99 Å². The SMILES string of the molecule is CCC(C(N)=S)N1CCCCc2ccccc21. The monoisotopic (exact) mass is 248 g/mol. The molecule has 1 aliphatic heterocycles. The average Bonchev–Trinajstić information content (AvgIpc) is 2.53. The maximum absolute atomic E-state index is 5.88. The predicted molar refractivity (Wildman–Crippen MR) is 77.6 cm³/mol. The maximum Gasteiger partial charge on any atom is 0.0955 e. The van der Waals surface area contributed by atoms with Gasteiger partial charge in [0.25, 0.3) is 0 Å². The second-order valence-electron chi connectivity index (χ2n) is 4.61. The number of nitrogens with two attached hydrogens (primary N) is 1. The van der Waals surface area contributed by atoms with Crippen LogP contribution in [0.5, 0.6) is 0 Å². The molecule has 0 spiro atoms. The van der Waals surface area contributed by atoms with Gasteiger partial charge in [-0.2, -0.15) is 0 Å². The van der Waals surface area contributed by atoms with Crippen LogP contribution < -0.4 is 10.6 Å². The fourth-order valence-corrected chi connectivity index (χ4v) is 2.91. The van der Waals surface area contributed by atoms with Gasteiger partial charge in [0.2, 0.25) is 0 Å². The lowest BCUT2D eigenvalue weighted by molar-refractivity contribution is 0.661. The van der Waals surface area contributed by atoms with Crippen molar-refractivity contribution in [1.82, 2.24) is 0 Å². The molecule has 1 heterocycles. The van der Waals surface area contributed by atoms with E-state index in [1.54, 1.807) is 0 Å². The topological polar surface area (TPSA) is 29.3 Å². The van der Waals surface area contributed by atoms with Crippen molar-refractivity contribution in [3.63, 3.8) is 0 Å². The molecule has 0 amide bonds. The molecule has 2 rings (SSSR count). The van der Waals surface area contributed by atoms with E-state index < -0.39 is 0 Å². The fourth-order valence-electron chi connectivity index (χ4n) is 2.62. The number of anilines is 1. The lowest BCUT2D eigenvalue weighted by atomic mass is 10.1. The van der Waals surface area contributed by atoms with Crippen LogP contribution in [0.3, 0.4) is 0 Å². The summed E-state index contributed by atoms with van der Waals surface area (Å²) < 4.78 is 0. The van der Waals surface area contributed by atoms with Gasteiger partial charge in [-0.3, -0.25) is 0 Å². The van der Waals surface area contributed by atoms with Crippen molar-refractivity contribution < 1.29 is 0 Å². The van der Waals surface area contributed by atoms with E-state index in [1.807, 2.05) is 0 Å². The minimum Gasteiger partial charge on any atom is -0.392 e. The molecule has 0 aliphatic carbocycles. The summed E-state index contributed by atoms with van der Waals surface area (Å²) in [5.74, 6) is 0. The van der Waals surface area contributed by atoms with Crippen molar-refractivity contribution in [2.75, 3.05) is 11.4 Å². The molecular weight excluding hydrogens is 228 g/mol. The molecule has 0 aromatic heterocycles. The third-order valence-electron chi connectivity index (χ3n) is 3.49. The van der Waals surface area contributed by atoms with Crippen LogP contribution in [-0.2, 0) is 6.42 Å². The quantitative estimate of drug-likeness (QED) is 0.834. The van der Waals surface area contributed by atoms with Crippen molar-refractivity contribution in [3.05, 3.63) is 29.8 Å². The van der Waals surface area contributed by atoms with Crippen molar-refractivity contribution in [2.24, 2.45) is 5.73 Å². The van der Waals surface area contributed by atoms with Crippen LogP contribution in [0.15, 0.2) is 24.3 Å². The minimum atomic E-state index is 0.198. The number of para-hydroxylation sites is 1. The summed E-state index contributed by atoms with van der Waals surface area (Å²) in [4.78, 5) is 3.01. The average molecular weight is 248 g/mol. The van der Waals surface area contributed by atoms with Crippen molar-refractivity contribution in [3.8, 4) is 0 Å². The minimum absolute atomic E-state index is 0.198. The standard InChI is InChI=1S/C14H20N2S/c1-2-12(14(15)17)16-10-6-5-8-11-7-3-4-9-13(11)16/h3-4,7,9,12H,2,5-6,8,10H2,1H3,(H2,15,17). The summed E-state index contributed by atoms with van der Waals surface area (Å²) in [6.07, 6.45) is 4.61. The van der Waals surface area contributed by atoms with Crippen LogP contribution in [0.2, 0.25) is 0 Å². The molecule has 0 fully saturated rings. The van der Waals surface area contributed by atoms with Crippen LogP contribution >= 0.6 is 12.2 Å². The lowest BCUT2D eigenvalue weighted by Crippen LogP contribution is -2.44. The number of aryl methyl sites for hydroxylation is 1. The third-order valence-corrected chi connectivity index (χ3v) is 3.76. The Morgan fingerprint density at radius 1 is 1.41 bits per heavy atom. The van der Waals surface area contributed by atoms with Gasteiger partial charge < -0.3 is 10.6 Å². The zero-order chi connectivity index (χ0) is 12.3. The Morgan fingerprint density at radius 3 is 2.88 bits per heavy atom. The second kappa shape index (κ2) is 5.50.